The number of nitrogens with zero attached hydrogens (tertiary/aromatic N) is 7. The van der Waals surface area contributed by atoms with E-state index >= 15 is 0 Å². The summed E-state index contributed by atoms with van der Waals surface area (Å²) in [7, 11) is 0. The SMILES string of the molecule is Cc1cc2ncnn2cc1Nc1ncc2c(C)nn(C3COC3)c2n1. The number of rotatable bonds is 3. The largest absolute Gasteiger partial charge is 0.377 e. The first-order valence-corrected chi connectivity index (χ1v) is 8.05. The molecule has 9 nitrogen and oxygen atoms in total. The Kier molecular flexibility index (Phi) is 2.98. The van der Waals surface area contributed by atoms with Gasteiger partial charge >= 0.3 is 0 Å². The van der Waals surface area contributed by atoms with Crippen LogP contribution in [0.25, 0.3) is 16.7 Å². The van der Waals surface area contributed by atoms with Gasteiger partial charge in [-0.3, -0.25) is 0 Å². The fraction of sp³-hybridized carbons (Fsp3) is 0.312. The van der Waals surface area contributed by atoms with Crippen molar-refractivity contribution < 1.29 is 4.74 Å². The molecule has 25 heavy (non-hydrogen) atoms. The Bertz CT molecular complexity index is 1090. The highest BCUT2D eigenvalue weighted by Crippen LogP contribution is 2.26. The third kappa shape index (κ3) is 2.23. The van der Waals surface area contributed by atoms with Crippen molar-refractivity contribution in [3.05, 3.63) is 36.0 Å². The zero-order valence-corrected chi connectivity index (χ0v) is 13.8. The molecule has 4 aromatic heterocycles. The number of ether oxygens (including phenoxy) is 1. The number of anilines is 2. The first-order valence-electron chi connectivity index (χ1n) is 8.05. The average Bonchev–Trinajstić information content (AvgIpc) is 3.11. The summed E-state index contributed by atoms with van der Waals surface area (Å²) in [5.74, 6) is 0.524. The molecule has 9 heteroatoms. The number of aryl methyl sites for hydroxylation is 2. The third-order valence-electron chi connectivity index (χ3n) is 4.47. The van der Waals surface area contributed by atoms with E-state index in [-0.39, 0.29) is 6.04 Å². The molecule has 1 N–H and O–H groups in total. The Balaban J connectivity index is 1.56. The number of aromatic nitrogens is 7. The minimum atomic E-state index is 0.243. The van der Waals surface area contributed by atoms with E-state index < -0.39 is 0 Å². The Labute approximate surface area is 142 Å². The molecule has 0 spiro atoms. The number of hydrogen-bond donors (Lipinski definition) is 1. The maximum Gasteiger partial charge on any atom is 0.229 e. The highest BCUT2D eigenvalue weighted by atomic mass is 16.5. The van der Waals surface area contributed by atoms with Crippen LogP contribution < -0.4 is 5.32 Å². The van der Waals surface area contributed by atoms with Crippen LogP contribution in [-0.2, 0) is 4.74 Å². The first-order chi connectivity index (χ1) is 12.2. The second-order valence-corrected chi connectivity index (χ2v) is 6.21. The second kappa shape index (κ2) is 5.21. The molecule has 0 bridgehead atoms. The zero-order chi connectivity index (χ0) is 17.0. The molecule has 1 saturated heterocycles. The summed E-state index contributed by atoms with van der Waals surface area (Å²) in [4.78, 5) is 13.3. The molecule has 1 fully saturated rings. The molecule has 0 radical (unpaired) electrons. The average molecular weight is 336 g/mol. The van der Waals surface area contributed by atoms with Gasteiger partial charge < -0.3 is 10.1 Å². The van der Waals surface area contributed by atoms with E-state index in [1.807, 2.05) is 37.0 Å². The van der Waals surface area contributed by atoms with Gasteiger partial charge in [0.2, 0.25) is 5.95 Å². The Hall–Kier alpha value is -3.07. The predicted octanol–water partition coefficient (Wildman–Crippen LogP) is 1.80. The lowest BCUT2D eigenvalue weighted by Gasteiger charge is -2.26. The third-order valence-corrected chi connectivity index (χ3v) is 4.47. The first kappa shape index (κ1) is 14.3. The van der Waals surface area contributed by atoms with Gasteiger partial charge in [-0.1, -0.05) is 0 Å². The van der Waals surface area contributed by atoms with Crippen LogP contribution in [0.1, 0.15) is 17.3 Å². The number of pyridine rings is 1. The highest BCUT2D eigenvalue weighted by Gasteiger charge is 2.25. The van der Waals surface area contributed by atoms with Crippen molar-refractivity contribution >= 4 is 28.3 Å². The number of fused-ring (bicyclic) bond motifs is 2. The molecule has 0 aromatic carbocycles. The van der Waals surface area contributed by atoms with Crippen LogP contribution in [0.3, 0.4) is 0 Å². The summed E-state index contributed by atoms with van der Waals surface area (Å²) < 4.78 is 8.94. The molecule has 4 aromatic rings. The van der Waals surface area contributed by atoms with Crippen molar-refractivity contribution in [2.75, 3.05) is 18.5 Å². The van der Waals surface area contributed by atoms with E-state index in [0.29, 0.717) is 19.2 Å². The van der Waals surface area contributed by atoms with Gasteiger partial charge in [-0.25, -0.2) is 19.2 Å². The molecule has 0 aliphatic carbocycles. The smallest absolute Gasteiger partial charge is 0.229 e. The lowest BCUT2D eigenvalue weighted by Crippen LogP contribution is -2.31. The maximum atomic E-state index is 5.29. The van der Waals surface area contributed by atoms with Gasteiger partial charge in [-0.05, 0) is 25.5 Å². The van der Waals surface area contributed by atoms with Crippen molar-refractivity contribution in [2.24, 2.45) is 0 Å². The quantitative estimate of drug-likeness (QED) is 0.609. The zero-order valence-electron chi connectivity index (χ0n) is 13.8. The molecule has 5 heterocycles. The van der Waals surface area contributed by atoms with Crippen molar-refractivity contribution in [1.29, 1.82) is 0 Å². The molecule has 5 rings (SSSR count). The summed E-state index contributed by atoms with van der Waals surface area (Å²) in [5, 5.41) is 13.0. The van der Waals surface area contributed by atoms with E-state index in [9.17, 15) is 0 Å². The normalized spacial score (nSPS) is 15.0. The maximum absolute atomic E-state index is 5.29. The van der Waals surface area contributed by atoms with Crippen LogP contribution in [0.4, 0.5) is 11.6 Å². The minimum absolute atomic E-state index is 0.243. The van der Waals surface area contributed by atoms with Gasteiger partial charge in [0.25, 0.3) is 0 Å². The monoisotopic (exact) mass is 336 g/mol. The van der Waals surface area contributed by atoms with E-state index in [1.165, 1.54) is 6.33 Å². The molecular weight excluding hydrogens is 320 g/mol. The second-order valence-electron chi connectivity index (χ2n) is 6.21. The fourth-order valence-corrected chi connectivity index (χ4v) is 2.95. The van der Waals surface area contributed by atoms with Gasteiger partial charge in [0.05, 0.1) is 36.2 Å². The standard InChI is InChI=1S/C16H16N8O/c1-9-3-14-18-8-19-23(14)5-13(9)20-16-17-4-12-10(2)22-24(15(12)21-16)11-6-25-7-11/h3-5,8,11H,6-7H2,1-2H3,(H,17,20,21). The lowest BCUT2D eigenvalue weighted by molar-refractivity contribution is -0.0270. The molecule has 0 atom stereocenters. The lowest BCUT2D eigenvalue weighted by atomic mass is 10.2. The van der Waals surface area contributed by atoms with E-state index in [4.69, 9.17) is 4.74 Å². The number of nitrogens with one attached hydrogen (secondary N) is 1. The minimum Gasteiger partial charge on any atom is -0.377 e. The van der Waals surface area contributed by atoms with Gasteiger partial charge in [-0.15, -0.1) is 0 Å². The molecule has 1 aliphatic rings. The summed E-state index contributed by atoms with van der Waals surface area (Å²) >= 11 is 0. The van der Waals surface area contributed by atoms with Crippen LogP contribution in [-0.4, -0.2) is 47.6 Å². The van der Waals surface area contributed by atoms with Crippen LogP contribution in [0.5, 0.6) is 0 Å². The van der Waals surface area contributed by atoms with Crippen molar-refractivity contribution in [3.8, 4) is 0 Å². The Morgan fingerprint density at radius 1 is 1.24 bits per heavy atom. The van der Waals surface area contributed by atoms with Gasteiger partial charge in [0, 0.05) is 6.20 Å². The highest BCUT2D eigenvalue weighted by molar-refractivity contribution is 5.79. The van der Waals surface area contributed by atoms with E-state index in [0.717, 1.165) is 33.6 Å². The molecule has 0 amide bonds. The molecular formula is C16H16N8O. The van der Waals surface area contributed by atoms with E-state index in [1.54, 1.807) is 4.52 Å². The van der Waals surface area contributed by atoms with Crippen molar-refractivity contribution in [3.63, 3.8) is 0 Å². The van der Waals surface area contributed by atoms with Gasteiger partial charge in [0.1, 0.15) is 12.4 Å². The Morgan fingerprint density at radius 3 is 2.92 bits per heavy atom. The van der Waals surface area contributed by atoms with Crippen molar-refractivity contribution in [1.82, 2.24) is 34.3 Å². The summed E-state index contributed by atoms with van der Waals surface area (Å²) in [6.45, 7) is 5.32. The summed E-state index contributed by atoms with van der Waals surface area (Å²) in [6.07, 6.45) is 5.23. The van der Waals surface area contributed by atoms with E-state index in [2.05, 4.69) is 30.5 Å². The van der Waals surface area contributed by atoms with Crippen LogP contribution in [0, 0.1) is 13.8 Å². The molecule has 126 valence electrons. The fourth-order valence-electron chi connectivity index (χ4n) is 2.95. The van der Waals surface area contributed by atoms with Crippen LogP contribution in [0.2, 0.25) is 0 Å². The van der Waals surface area contributed by atoms with Crippen LogP contribution >= 0.6 is 0 Å². The van der Waals surface area contributed by atoms with Crippen molar-refractivity contribution in [2.45, 2.75) is 19.9 Å². The molecule has 1 aliphatic heterocycles. The van der Waals surface area contributed by atoms with Gasteiger partial charge in [0.15, 0.2) is 11.3 Å². The summed E-state index contributed by atoms with van der Waals surface area (Å²) in [6, 6.07) is 2.21. The Morgan fingerprint density at radius 2 is 2.12 bits per heavy atom. The summed E-state index contributed by atoms with van der Waals surface area (Å²) in [5.41, 5.74) is 4.47. The van der Waals surface area contributed by atoms with Gasteiger partial charge in [-0.2, -0.15) is 15.2 Å². The van der Waals surface area contributed by atoms with Crippen LogP contribution in [0.15, 0.2) is 24.8 Å². The predicted molar refractivity (Wildman–Crippen MR) is 90.9 cm³/mol. The topological polar surface area (TPSA) is 95.1 Å². The number of hydrogen-bond acceptors (Lipinski definition) is 7. The molecule has 0 saturated carbocycles. The molecule has 0 unspecified atom stereocenters.